The zero-order chi connectivity index (χ0) is 20.1. The molecule has 1 amide bonds. The second-order valence-corrected chi connectivity index (χ2v) is 8.72. The average Bonchev–Trinajstić information content (AvgIpc) is 3.62. The molecule has 1 aliphatic rings. The molecule has 0 radical (unpaired) electrons. The van der Waals surface area contributed by atoms with Gasteiger partial charge in [-0.3, -0.25) is 9.78 Å². The number of nitrogens with zero attached hydrogens (tertiary/aromatic N) is 2. The van der Waals surface area contributed by atoms with Gasteiger partial charge in [0.1, 0.15) is 0 Å². The molecule has 1 aromatic heterocycles. The van der Waals surface area contributed by atoms with E-state index < -0.39 is 0 Å². The third kappa shape index (κ3) is 5.27. The van der Waals surface area contributed by atoms with E-state index in [4.69, 9.17) is 0 Å². The number of thioether (sulfide) groups is 1. The van der Waals surface area contributed by atoms with E-state index in [2.05, 4.69) is 42.2 Å². The summed E-state index contributed by atoms with van der Waals surface area (Å²) in [6.45, 7) is 2.85. The van der Waals surface area contributed by atoms with E-state index in [-0.39, 0.29) is 11.9 Å². The van der Waals surface area contributed by atoms with Gasteiger partial charge in [-0.05, 0) is 67.1 Å². The Labute approximate surface area is 177 Å². The van der Waals surface area contributed by atoms with Crippen LogP contribution in [0, 0.1) is 5.92 Å². The number of aromatic nitrogens is 1. The van der Waals surface area contributed by atoms with Crippen molar-refractivity contribution in [1.29, 1.82) is 0 Å². The highest BCUT2D eigenvalue weighted by Crippen LogP contribution is 2.36. The Morgan fingerprint density at radius 3 is 2.41 bits per heavy atom. The maximum atomic E-state index is 13.3. The summed E-state index contributed by atoms with van der Waals surface area (Å²) >= 11 is 1.76. The van der Waals surface area contributed by atoms with Crippen LogP contribution < -0.4 is 0 Å². The summed E-state index contributed by atoms with van der Waals surface area (Å²) in [6.07, 6.45) is 6.14. The zero-order valence-corrected chi connectivity index (χ0v) is 17.5. The Balaban J connectivity index is 1.45. The van der Waals surface area contributed by atoms with Crippen LogP contribution in [0.3, 0.4) is 0 Å². The van der Waals surface area contributed by atoms with Gasteiger partial charge in [0.2, 0.25) is 0 Å². The fourth-order valence-corrected chi connectivity index (χ4v) is 4.36. The summed E-state index contributed by atoms with van der Waals surface area (Å²) in [4.78, 5) is 20.7. The van der Waals surface area contributed by atoms with E-state index >= 15 is 0 Å². The standard InChI is InChI=1S/C25H26N2OS/c1-19(22-9-10-22)27(17-20-6-3-2-4-7-20)25(28)23-11-13-24(14-12-23)29-18-21-8-5-15-26-16-21/h2-8,11-16,19,22H,9-10,17-18H2,1H3. The molecule has 148 valence electrons. The summed E-state index contributed by atoms with van der Waals surface area (Å²) in [5.41, 5.74) is 3.14. The topological polar surface area (TPSA) is 33.2 Å². The molecule has 3 nitrogen and oxygen atoms in total. The fourth-order valence-electron chi connectivity index (χ4n) is 3.52. The van der Waals surface area contributed by atoms with E-state index in [1.165, 1.54) is 24.0 Å². The van der Waals surface area contributed by atoms with Gasteiger partial charge < -0.3 is 4.90 Å². The first-order chi connectivity index (χ1) is 14.2. The number of rotatable bonds is 8. The highest BCUT2D eigenvalue weighted by molar-refractivity contribution is 7.98. The molecule has 4 heteroatoms. The van der Waals surface area contributed by atoms with Crippen LogP contribution in [0.25, 0.3) is 0 Å². The third-order valence-corrected chi connectivity index (χ3v) is 6.57. The molecule has 3 aromatic rings. The lowest BCUT2D eigenvalue weighted by Crippen LogP contribution is -2.39. The molecular formula is C25H26N2OS. The summed E-state index contributed by atoms with van der Waals surface area (Å²) in [7, 11) is 0. The van der Waals surface area contributed by atoms with Gasteiger partial charge in [0, 0.05) is 41.2 Å². The highest BCUT2D eigenvalue weighted by Gasteiger charge is 2.34. The van der Waals surface area contributed by atoms with Crippen molar-refractivity contribution in [3.8, 4) is 0 Å². The number of carbonyl (C=O) groups excluding carboxylic acids is 1. The van der Waals surface area contributed by atoms with Gasteiger partial charge >= 0.3 is 0 Å². The summed E-state index contributed by atoms with van der Waals surface area (Å²) in [5.74, 6) is 1.63. The number of carbonyl (C=O) groups is 1. The fraction of sp³-hybridized carbons (Fsp3) is 0.280. The quantitative estimate of drug-likeness (QED) is 0.446. The van der Waals surface area contributed by atoms with E-state index in [1.807, 2.05) is 47.5 Å². The Hall–Kier alpha value is -2.59. The Kier molecular flexibility index (Phi) is 6.30. The minimum Gasteiger partial charge on any atom is -0.331 e. The van der Waals surface area contributed by atoms with Crippen molar-refractivity contribution < 1.29 is 4.79 Å². The number of benzene rings is 2. The predicted octanol–water partition coefficient (Wildman–Crippen LogP) is 5.81. The van der Waals surface area contributed by atoms with E-state index in [1.54, 1.807) is 18.0 Å². The van der Waals surface area contributed by atoms with Crippen LogP contribution in [0.2, 0.25) is 0 Å². The number of amides is 1. The van der Waals surface area contributed by atoms with Crippen LogP contribution in [-0.2, 0) is 12.3 Å². The maximum Gasteiger partial charge on any atom is 0.254 e. The first-order valence-corrected chi connectivity index (χ1v) is 11.2. The van der Waals surface area contributed by atoms with Crippen LogP contribution in [-0.4, -0.2) is 21.8 Å². The second-order valence-electron chi connectivity index (χ2n) is 7.67. The van der Waals surface area contributed by atoms with Crippen molar-refractivity contribution in [3.05, 3.63) is 95.8 Å². The molecule has 0 bridgehead atoms. The van der Waals surface area contributed by atoms with Gasteiger partial charge in [0.05, 0.1) is 0 Å². The van der Waals surface area contributed by atoms with Gasteiger partial charge in [-0.25, -0.2) is 0 Å². The largest absolute Gasteiger partial charge is 0.331 e. The molecule has 0 spiro atoms. The summed E-state index contributed by atoms with van der Waals surface area (Å²) in [6, 6.07) is 22.6. The monoisotopic (exact) mass is 402 g/mol. The molecule has 1 unspecified atom stereocenters. The van der Waals surface area contributed by atoms with Crippen molar-refractivity contribution in [2.75, 3.05) is 0 Å². The molecular weight excluding hydrogens is 376 g/mol. The van der Waals surface area contributed by atoms with Crippen molar-refractivity contribution in [3.63, 3.8) is 0 Å². The average molecular weight is 403 g/mol. The van der Waals surface area contributed by atoms with Crippen molar-refractivity contribution in [1.82, 2.24) is 9.88 Å². The minimum atomic E-state index is 0.122. The maximum absolute atomic E-state index is 13.3. The first kappa shape index (κ1) is 19.7. The Morgan fingerprint density at radius 2 is 1.76 bits per heavy atom. The molecule has 1 atom stereocenters. The first-order valence-electron chi connectivity index (χ1n) is 10.2. The smallest absolute Gasteiger partial charge is 0.254 e. The lowest BCUT2D eigenvalue weighted by atomic mass is 10.1. The molecule has 29 heavy (non-hydrogen) atoms. The predicted molar refractivity (Wildman–Crippen MR) is 119 cm³/mol. The highest BCUT2D eigenvalue weighted by atomic mass is 32.2. The van der Waals surface area contributed by atoms with Crippen molar-refractivity contribution >= 4 is 17.7 Å². The molecule has 1 aliphatic carbocycles. The van der Waals surface area contributed by atoms with E-state index in [0.717, 1.165) is 16.2 Å². The minimum absolute atomic E-state index is 0.122. The van der Waals surface area contributed by atoms with Crippen LogP contribution in [0.1, 0.15) is 41.3 Å². The van der Waals surface area contributed by atoms with Crippen LogP contribution in [0.5, 0.6) is 0 Å². The van der Waals surface area contributed by atoms with Crippen LogP contribution in [0.4, 0.5) is 0 Å². The Bertz CT molecular complexity index is 924. The Morgan fingerprint density at radius 1 is 1.03 bits per heavy atom. The number of hydrogen-bond donors (Lipinski definition) is 0. The lowest BCUT2D eigenvalue weighted by Gasteiger charge is -2.30. The molecule has 0 aliphatic heterocycles. The third-order valence-electron chi connectivity index (χ3n) is 5.48. The van der Waals surface area contributed by atoms with E-state index in [0.29, 0.717) is 12.5 Å². The van der Waals surface area contributed by atoms with Gasteiger partial charge in [0.25, 0.3) is 5.91 Å². The van der Waals surface area contributed by atoms with Gasteiger partial charge in [0.15, 0.2) is 0 Å². The SMILES string of the molecule is CC(C1CC1)N(Cc1ccccc1)C(=O)c1ccc(SCc2cccnc2)cc1. The molecule has 0 saturated heterocycles. The number of pyridine rings is 1. The van der Waals surface area contributed by atoms with Gasteiger partial charge in [-0.1, -0.05) is 36.4 Å². The lowest BCUT2D eigenvalue weighted by molar-refractivity contribution is 0.0654. The van der Waals surface area contributed by atoms with Crippen LogP contribution >= 0.6 is 11.8 Å². The molecule has 1 saturated carbocycles. The zero-order valence-electron chi connectivity index (χ0n) is 16.7. The molecule has 4 rings (SSSR count). The molecule has 0 N–H and O–H groups in total. The van der Waals surface area contributed by atoms with Gasteiger partial charge in [-0.2, -0.15) is 0 Å². The summed E-state index contributed by atoms with van der Waals surface area (Å²) < 4.78 is 0. The van der Waals surface area contributed by atoms with Gasteiger partial charge in [-0.15, -0.1) is 11.8 Å². The molecule has 2 aromatic carbocycles. The summed E-state index contributed by atoms with van der Waals surface area (Å²) in [5, 5.41) is 0. The van der Waals surface area contributed by atoms with Crippen molar-refractivity contribution in [2.45, 2.75) is 43.0 Å². The molecule has 1 fully saturated rings. The molecule has 1 heterocycles. The van der Waals surface area contributed by atoms with Crippen LogP contribution in [0.15, 0.2) is 84.0 Å². The number of hydrogen-bond acceptors (Lipinski definition) is 3. The van der Waals surface area contributed by atoms with Crippen molar-refractivity contribution in [2.24, 2.45) is 5.92 Å². The second kappa shape index (κ2) is 9.27. The normalized spacial score (nSPS) is 14.4. The van der Waals surface area contributed by atoms with E-state index in [9.17, 15) is 4.79 Å².